The van der Waals surface area contributed by atoms with Gasteiger partial charge in [0.2, 0.25) is 0 Å². The first-order chi connectivity index (χ1) is 14.4. The number of nitrogens with zero attached hydrogens (tertiary/aromatic N) is 1. The number of benzene rings is 2. The monoisotopic (exact) mass is 487 g/mol. The van der Waals surface area contributed by atoms with E-state index in [0.717, 1.165) is 21.1 Å². The van der Waals surface area contributed by atoms with Gasteiger partial charge in [0.05, 0.1) is 18.6 Å². The van der Waals surface area contributed by atoms with E-state index in [0.29, 0.717) is 22.6 Å². The molecule has 0 atom stereocenters. The van der Waals surface area contributed by atoms with Crippen LogP contribution in [0.2, 0.25) is 0 Å². The number of rotatable bonds is 8. The van der Waals surface area contributed by atoms with Crippen molar-refractivity contribution in [2.45, 2.75) is 0 Å². The van der Waals surface area contributed by atoms with E-state index in [1.54, 1.807) is 54.6 Å². The largest absolute Gasteiger partial charge is 0.493 e. The maximum atomic E-state index is 12.8. The quantitative estimate of drug-likeness (QED) is 0.298. The van der Waals surface area contributed by atoms with Gasteiger partial charge in [0.25, 0.3) is 11.1 Å². The zero-order valence-corrected chi connectivity index (χ0v) is 18.5. The highest BCUT2D eigenvalue weighted by Gasteiger charge is 2.36. The number of imide groups is 1. The molecule has 0 N–H and O–H groups in total. The number of hydrogen-bond acceptors (Lipinski definition) is 6. The van der Waals surface area contributed by atoms with E-state index in [2.05, 4.69) is 22.5 Å². The Kier molecular flexibility index (Phi) is 7.12. The summed E-state index contributed by atoms with van der Waals surface area (Å²) in [4.78, 5) is 38.8. The number of ketones is 1. The van der Waals surface area contributed by atoms with Crippen LogP contribution in [0.4, 0.5) is 4.79 Å². The highest BCUT2D eigenvalue weighted by atomic mass is 79.9. The number of thioether (sulfide) groups is 1. The molecule has 154 valence electrons. The van der Waals surface area contributed by atoms with E-state index < -0.39 is 11.1 Å². The van der Waals surface area contributed by atoms with E-state index in [9.17, 15) is 14.4 Å². The number of hydrogen-bond donors (Lipinski definition) is 0. The summed E-state index contributed by atoms with van der Waals surface area (Å²) in [6, 6.07) is 12.0. The molecule has 2 aromatic carbocycles. The first-order valence-electron chi connectivity index (χ1n) is 8.89. The van der Waals surface area contributed by atoms with Crippen LogP contribution in [0.25, 0.3) is 6.08 Å². The van der Waals surface area contributed by atoms with Crippen molar-refractivity contribution in [2.75, 3.05) is 20.3 Å². The van der Waals surface area contributed by atoms with Gasteiger partial charge in [-0.15, -0.1) is 0 Å². The second-order valence-electron chi connectivity index (χ2n) is 6.18. The Morgan fingerprint density at radius 1 is 1.20 bits per heavy atom. The fourth-order valence-corrected chi connectivity index (χ4v) is 3.85. The van der Waals surface area contributed by atoms with Crippen LogP contribution in [-0.2, 0) is 4.79 Å². The van der Waals surface area contributed by atoms with Gasteiger partial charge in [-0.05, 0) is 36.0 Å². The number of methoxy groups -OCH3 is 1. The molecule has 1 heterocycles. The van der Waals surface area contributed by atoms with Crippen molar-refractivity contribution in [3.05, 3.63) is 75.6 Å². The van der Waals surface area contributed by atoms with Crippen molar-refractivity contribution in [3.8, 4) is 11.5 Å². The van der Waals surface area contributed by atoms with Crippen molar-refractivity contribution in [2.24, 2.45) is 0 Å². The third-order valence-electron chi connectivity index (χ3n) is 4.20. The zero-order chi connectivity index (χ0) is 21.7. The van der Waals surface area contributed by atoms with Crippen LogP contribution in [0, 0.1) is 0 Å². The number of carbonyl (C=O) groups is 3. The molecule has 0 aromatic heterocycles. The van der Waals surface area contributed by atoms with Crippen molar-refractivity contribution in [1.82, 2.24) is 4.90 Å². The highest BCUT2D eigenvalue weighted by molar-refractivity contribution is 9.10. The molecule has 2 aromatic rings. The zero-order valence-electron chi connectivity index (χ0n) is 16.1. The average molecular weight is 488 g/mol. The predicted octanol–water partition coefficient (Wildman–Crippen LogP) is 4.94. The Bertz CT molecular complexity index is 1030. The van der Waals surface area contributed by atoms with Crippen LogP contribution in [0.15, 0.2) is 64.5 Å². The molecule has 0 aliphatic carbocycles. The Morgan fingerprint density at radius 2 is 1.93 bits per heavy atom. The Hall–Kier alpha value is -2.84. The third kappa shape index (κ3) is 4.83. The minimum atomic E-state index is -0.520. The van der Waals surface area contributed by atoms with Crippen LogP contribution in [0.5, 0.6) is 11.5 Å². The summed E-state index contributed by atoms with van der Waals surface area (Å²) in [6.45, 7) is 3.56. The fraction of sp³-hybridized carbons (Fsp3) is 0.136. The topological polar surface area (TPSA) is 72.9 Å². The van der Waals surface area contributed by atoms with Crippen LogP contribution in [0.3, 0.4) is 0 Å². The van der Waals surface area contributed by atoms with Gasteiger partial charge in [0.1, 0.15) is 6.61 Å². The lowest BCUT2D eigenvalue weighted by atomic mass is 10.1. The second-order valence-corrected chi connectivity index (χ2v) is 8.09. The van der Waals surface area contributed by atoms with E-state index in [4.69, 9.17) is 9.47 Å². The lowest BCUT2D eigenvalue weighted by Crippen LogP contribution is -2.33. The number of para-hydroxylation sites is 1. The summed E-state index contributed by atoms with van der Waals surface area (Å²) in [5, 5.41) is -0.492. The van der Waals surface area contributed by atoms with Crippen LogP contribution in [0.1, 0.15) is 15.9 Å². The summed E-state index contributed by atoms with van der Waals surface area (Å²) in [5.74, 6) is 0.100. The minimum Gasteiger partial charge on any atom is -0.493 e. The maximum absolute atomic E-state index is 12.8. The molecule has 6 nitrogen and oxygen atoms in total. The van der Waals surface area contributed by atoms with Gasteiger partial charge in [-0.25, -0.2) is 0 Å². The molecule has 2 amide bonds. The molecule has 0 radical (unpaired) electrons. The molecule has 1 fully saturated rings. The van der Waals surface area contributed by atoms with Gasteiger partial charge in [-0.2, -0.15) is 0 Å². The second kappa shape index (κ2) is 9.77. The molecule has 0 unspecified atom stereocenters. The summed E-state index contributed by atoms with van der Waals surface area (Å²) in [6.07, 6.45) is 3.16. The molecule has 30 heavy (non-hydrogen) atoms. The van der Waals surface area contributed by atoms with E-state index in [-0.39, 0.29) is 23.8 Å². The van der Waals surface area contributed by atoms with Crippen LogP contribution in [-0.4, -0.2) is 42.1 Å². The van der Waals surface area contributed by atoms with Crippen molar-refractivity contribution in [3.63, 3.8) is 0 Å². The van der Waals surface area contributed by atoms with E-state index >= 15 is 0 Å². The number of carbonyl (C=O) groups excluding carboxylic acids is 3. The Balaban J connectivity index is 1.84. The molecule has 0 bridgehead atoms. The van der Waals surface area contributed by atoms with Gasteiger partial charge in [0, 0.05) is 15.6 Å². The van der Waals surface area contributed by atoms with Gasteiger partial charge in [0.15, 0.2) is 17.3 Å². The summed E-state index contributed by atoms with van der Waals surface area (Å²) >= 11 is 4.09. The van der Waals surface area contributed by atoms with Gasteiger partial charge >= 0.3 is 0 Å². The fourth-order valence-electron chi connectivity index (χ4n) is 2.75. The van der Waals surface area contributed by atoms with Crippen molar-refractivity contribution in [1.29, 1.82) is 0 Å². The summed E-state index contributed by atoms with van der Waals surface area (Å²) in [7, 11) is 1.52. The lowest BCUT2D eigenvalue weighted by Gasteiger charge is -2.13. The third-order valence-corrected chi connectivity index (χ3v) is 5.64. The predicted molar refractivity (Wildman–Crippen MR) is 120 cm³/mol. The van der Waals surface area contributed by atoms with Crippen molar-refractivity contribution >= 4 is 50.7 Å². The lowest BCUT2D eigenvalue weighted by molar-refractivity contribution is -0.122. The van der Waals surface area contributed by atoms with Gasteiger partial charge < -0.3 is 9.47 Å². The van der Waals surface area contributed by atoms with Gasteiger partial charge in [-0.3, -0.25) is 19.3 Å². The highest BCUT2D eigenvalue weighted by Crippen LogP contribution is 2.37. The van der Waals surface area contributed by atoms with E-state index in [1.165, 1.54) is 7.11 Å². The number of halogens is 1. The van der Waals surface area contributed by atoms with Gasteiger partial charge in [-0.1, -0.05) is 52.9 Å². The molecule has 1 aliphatic rings. The smallest absolute Gasteiger partial charge is 0.293 e. The summed E-state index contributed by atoms with van der Waals surface area (Å²) < 4.78 is 11.8. The molecule has 3 rings (SSSR count). The molecule has 8 heteroatoms. The van der Waals surface area contributed by atoms with E-state index in [1.807, 2.05) is 0 Å². The molecular formula is C22H18BrNO5S. The summed E-state index contributed by atoms with van der Waals surface area (Å²) in [5.41, 5.74) is 1.01. The molecule has 1 aliphatic heterocycles. The minimum absolute atomic E-state index is 0.209. The SMILES string of the molecule is C=CCOc1c(/C=C2\SC(=O)N(CC(=O)c3ccc(Br)cc3)C2=O)cccc1OC. The Labute approximate surface area is 186 Å². The average Bonchev–Trinajstić information content (AvgIpc) is 3.00. The first-order valence-corrected chi connectivity index (χ1v) is 10.5. The number of ether oxygens (including phenoxy) is 2. The number of Topliss-reactive ketones (excluding diaryl/α,β-unsaturated/α-hetero) is 1. The molecular weight excluding hydrogens is 470 g/mol. The maximum Gasteiger partial charge on any atom is 0.293 e. The molecule has 0 spiro atoms. The van der Waals surface area contributed by atoms with Crippen molar-refractivity contribution < 1.29 is 23.9 Å². The first kappa shape index (κ1) is 21.9. The normalized spacial score (nSPS) is 14.9. The standard InChI is InChI=1S/C22H18BrNO5S/c1-3-11-29-20-15(5-4-6-18(20)28-2)12-19-21(26)24(22(27)30-19)13-17(25)14-7-9-16(23)10-8-14/h3-10,12H,1,11,13H2,2H3/b19-12-. The van der Waals surface area contributed by atoms with Crippen LogP contribution < -0.4 is 9.47 Å². The van der Waals surface area contributed by atoms with Crippen LogP contribution >= 0.6 is 27.7 Å². The molecule has 1 saturated heterocycles. The number of amides is 2. The molecule has 0 saturated carbocycles. The Morgan fingerprint density at radius 3 is 2.60 bits per heavy atom.